The standard InChI is InChI=1S/C11H13N3O3/c1-14-7-3-4-8(14)11-12-9(17-13-11)5-6-10(15)16-2/h3-4,7H,5-6H2,1-2H3. The Kier molecular flexibility index (Phi) is 3.22. The second-order valence-electron chi connectivity index (χ2n) is 3.59. The van der Waals surface area contributed by atoms with E-state index >= 15 is 0 Å². The first-order valence-electron chi connectivity index (χ1n) is 5.22. The number of aromatic nitrogens is 3. The second-order valence-corrected chi connectivity index (χ2v) is 3.59. The molecule has 0 aliphatic carbocycles. The van der Waals surface area contributed by atoms with E-state index in [4.69, 9.17) is 4.52 Å². The number of carbonyl (C=O) groups is 1. The van der Waals surface area contributed by atoms with Crippen molar-refractivity contribution in [3.05, 3.63) is 24.2 Å². The SMILES string of the molecule is COC(=O)CCc1nc(-c2cccn2C)no1. The molecule has 0 atom stereocenters. The maximum Gasteiger partial charge on any atom is 0.306 e. The van der Waals surface area contributed by atoms with Gasteiger partial charge in [-0.05, 0) is 12.1 Å². The highest BCUT2D eigenvalue weighted by Crippen LogP contribution is 2.15. The second kappa shape index (κ2) is 4.82. The Morgan fingerprint density at radius 3 is 3.06 bits per heavy atom. The maximum absolute atomic E-state index is 11.0. The van der Waals surface area contributed by atoms with Gasteiger partial charge in [0.05, 0.1) is 19.2 Å². The fourth-order valence-corrected chi connectivity index (χ4v) is 1.46. The van der Waals surface area contributed by atoms with Gasteiger partial charge in [-0.3, -0.25) is 4.79 Å². The molecule has 0 amide bonds. The molecule has 17 heavy (non-hydrogen) atoms. The van der Waals surface area contributed by atoms with Crippen molar-refractivity contribution in [1.29, 1.82) is 0 Å². The fraction of sp³-hybridized carbons (Fsp3) is 0.364. The fourth-order valence-electron chi connectivity index (χ4n) is 1.46. The average molecular weight is 235 g/mol. The molecule has 0 aliphatic heterocycles. The number of hydrogen-bond acceptors (Lipinski definition) is 5. The van der Waals surface area contributed by atoms with Crippen molar-refractivity contribution >= 4 is 5.97 Å². The van der Waals surface area contributed by atoms with Crippen LogP contribution in [0.1, 0.15) is 12.3 Å². The lowest BCUT2D eigenvalue weighted by Crippen LogP contribution is -2.02. The molecule has 0 N–H and O–H groups in total. The van der Waals surface area contributed by atoms with Crippen LogP contribution < -0.4 is 0 Å². The summed E-state index contributed by atoms with van der Waals surface area (Å²) in [5.74, 6) is 0.674. The summed E-state index contributed by atoms with van der Waals surface area (Å²) in [6.45, 7) is 0. The minimum atomic E-state index is -0.288. The lowest BCUT2D eigenvalue weighted by Gasteiger charge is -1.95. The van der Waals surface area contributed by atoms with E-state index in [0.29, 0.717) is 18.1 Å². The molecule has 0 unspecified atom stereocenters. The number of rotatable bonds is 4. The van der Waals surface area contributed by atoms with E-state index in [2.05, 4.69) is 14.9 Å². The van der Waals surface area contributed by atoms with Crippen LogP contribution >= 0.6 is 0 Å². The van der Waals surface area contributed by atoms with Crippen LogP contribution in [-0.2, 0) is 23.0 Å². The Bertz CT molecular complexity index is 516. The first kappa shape index (κ1) is 11.4. The van der Waals surface area contributed by atoms with Crippen LogP contribution in [-0.4, -0.2) is 27.8 Å². The maximum atomic E-state index is 11.0. The zero-order valence-corrected chi connectivity index (χ0v) is 9.71. The van der Waals surface area contributed by atoms with E-state index in [0.717, 1.165) is 5.69 Å². The lowest BCUT2D eigenvalue weighted by molar-refractivity contribution is -0.140. The van der Waals surface area contributed by atoms with Gasteiger partial charge in [0.1, 0.15) is 0 Å². The van der Waals surface area contributed by atoms with Crippen LogP contribution in [0.5, 0.6) is 0 Å². The van der Waals surface area contributed by atoms with Gasteiger partial charge >= 0.3 is 5.97 Å². The van der Waals surface area contributed by atoms with Crippen LogP contribution in [0.3, 0.4) is 0 Å². The van der Waals surface area contributed by atoms with E-state index in [1.54, 1.807) is 0 Å². The molecule has 0 spiro atoms. The Balaban J connectivity index is 2.06. The Hall–Kier alpha value is -2.11. The molecule has 6 heteroatoms. The Labute approximate surface area is 98.2 Å². The van der Waals surface area contributed by atoms with Crippen LogP contribution in [0.2, 0.25) is 0 Å². The average Bonchev–Trinajstić information content (AvgIpc) is 2.94. The third kappa shape index (κ3) is 2.52. The molecule has 2 heterocycles. The number of carbonyl (C=O) groups excluding carboxylic acids is 1. The number of ether oxygens (including phenoxy) is 1. The Morgan fingerprint density at radius 2 is 2.41 bits per heavy atom. The van der Waals surface area contributed by atoms with Gasteiger partial charge < -0.3 is 13.8 Å². The number of hydrogen-bond donors (Lipinski definition) is 0. The predicted octanol–water partition coefficient (Wildman–Crippen LogP) is 1.18. The molecule has 0 aromatic carbocycles. The summed E-state index contributed by atoms with van der Waals surface area (Å²) in [6, 6.07) is 3.80. The zero-order valence-electron chi connectivity index (χ0n) is 9.71. The molecule has 0 radical (unpaired) electrons. The van der Waals surface area contributed by atoms with Crippen molar-refractivity contribution in [2.45, 2.75) is 12.8 Å². The van der Waals surface area contributed by atoms with Gasteiger partial charge in [0.2, 0.25) is 11.7 Å². The molecule has 2 rings (SSSR count). The number of nitrogens with zero attached hydrogens (tertiary/aromatic N) is 3. The molecule has 0 bridgehead atoms. The minimum absolute atomic E-state index is 0.241. The topological polar surface area (TPSA) is 70.2 Å². The van der Waals surface area contributed by atoms with Crippen molar-refractivity contribution in [2.24, 2.45) is 7.05 Å². The van der Waals surface area contributed by atoms with E-state index in [-0.39, 0.29) is 12.4 Å². The summed E-state index contributed by atoms with van der Waals surface area (Å²) in [7, 11) is 3.26. The highest BCUT2D eigenvalue weighted by Gasteiger charge is 2.12. The van der Waals surface area contributed by atoms with Gasteiger partial charge in [0, 0.05) is 19.7 Å². The highest BCUT2D eigenvalue weighted by atomic mass is 16.5. The summed E-state index contributed by atoms with van der Waals surface area (Å²) in [5.41, 5.74) is 0.873. The summed E-state index contributed by atoms with van der Waals surface area (Å²) >= 11 is 0. The summed E-state index contributed by atoms with van der Waals surface area (Å²) in [5, 5.41) is 3.86. The molecule has 2 aromatic heterocycles. The molecule has 90 valence electrons. The van der Waals surface area contributed by atoms with E-state index in [1.807, 2.05) is 29.9 Å². The van der Waals surface area contributed by atoms with Crippen molar-refractivity contribution in [2.75, 3.05) is 7.11 Å². The molecule has 0 fully saturated rings. The van der Waals surface area contributed by atoms with Gasteiger partial charge in [-0.1, -0.05) is 5.16 Å². The van der Waals surface area contributed by atoms with E-state index in [9.17, 15) is 4.79 Å². The third-order valence-electron chi connectivity index (χ3n) is 2.41. The molecule has 0 saturated heterocycles. The minimum Gasteiger partial charge on any atom is -0.469 e. The molecular formula is C11H13N3O3. The number of esters is 1. The zero-order chi connectivity index (χ0) is 12.3. The molecule has 0 saturated carbocycles. The summed E-state index contributed by atoms with van der Waals surface area (Å²) in [4.78, 5) is 15.2. The van der Waals surface area contributed by atoms with Gasteiger partial charge in [-0.2, -0.15) is 4.98 Å². The highest BCUT2D eigenvalue weighted by molar-refractivity contribution is 5.69. The number of aryl methyl sites for hydroxylation is 2. The van der Waals surface area contributed by atoms with Gasteiger partial charge in [0.15, 0.2) is 0 Å². The van der Waals surface area contributed by atoms with Crippen molar-refractivity contribution < 1.29 is 14.1 Å². The largest absolute Gasteiger partial charge is 0.469 e. The third-order valence-corrected chi connectivity index (χ3v) is 2.41. The summed E-state index contributed by atoms with van der Waals surface area (Å²) in [6.07, 6.45) is 2.54. The molecular weight excluding hydrogens is 222 g/mol. The van der Waals surface area contributed by atoms with Crippen molar-refractivity contribution in [3.8, 4) is 11.5 Å². The quantitative estimate of drug-likeness (QED) is 0.744. The molecule has 2 aromatic rings. The van der Waals surface area contributed by atoms with Crippen molar-refractivity contribution in [1.82, 2.24) is 14.7 Å². The van der Waals surface area contributed by atoms with Gasteiger partial charge in [-0.15, -0.1) is 0 Å². The monoisotopic (exact) mass is 235 g/mol. The van der Waals surface area contributed by atoms with Crippen molar-refractivity contribution in [3.63, 3.8) is 0 Å². The van der Waals surface area contributed by atoms with Crippen LogP contribution in [0, 0.1) is 0 Å². The molecule has 0 aliphatic rings. The van der Waals surface area contributed by atoms with Gasteiger partial charge in [0.25, 0.3) is 0 Å². The van der Waals surface area contributed by atoms with Gasteiger partial charge in [-0.25, -0.2) is 0 Å². The first-order valence-corrected chi connectivity index (χ1v) is 5.22. The normalized spacial score (nSPS) is 10.5. The predicted molar refractivity (Wildman–Crippen MR) is 59.0 cm³/mol. The first-order chi connectivity index (χ1) is 8.20. The van der Waals surface area contributed by atoms with Crippen LogP contribution in [0.15, 0.2) is 22.9 Å². The lowest BCUT2D eigenvalue weighted by atomic mass is 10.3. The smallest absolute Gasteiger partial charge is 0.306 e. The van der Waals surface area contributed by atoms with Crippen LogP contribution in [0.4, 0.5) is 0 Å². The van der Waals surface area contributed by atoms with E-state index < -0.39 is 0 Å². The summed E-state index contributed by atoms with van der Waals surface area (Å²) < 4.78 is 11.5. The van der Waals surface area contributed by atoms with E-state index in [1.165, 1.54) is 7.11 Å². The molecule has 6 nitrogen and oxygen atoms in total. The Morgan fingerprint density at radius 1 is 1.59 bits per heavy atom. The van der Waals surface area contributed by atoms with Crippen LogP contribution in [0.25, 0.3) is 11.5 Å². The number of methoxy groups -OCH3 is 1.